The van der Waals surface area contributed by atoms with E-state index >= 15 is 0 Å². The lowest BCUT2D eigenvalue weighted by molar-refractivity contribution is -0.129. The molecule has 2 atom stereocenters. The highest BCUT2D eigenvalue weighted by molar-refractivity contribution is 5.93. The summed E-state index contributed by atoms with van der Waals surface area (Å²) >= 11 is 0. The first-order valence-electron chi connectivity index (χ1n) is 6.49. The first kappa shape index (κ1) is 14.0. The number of nitrogens with two attached hydrogens (primary N) is 1. The summed E-state index contributed by atoms with van der Waals surface area (Å²) in [5.74, 6) is -1.11. The van der Waals surface area contributed by atoms with Gasteiger partial charge in [-0.2, -0.15) is 0 Å². The van der Waals surface area contributed by atoms with Crippen molar-refractivity contribution < 1.29 is 14.4 Å². The van der Waals surface area contributed by atoms with E-state index in [9.17, 15) is 14.4 Å². The zero-order valence-corrected chi connectivity index (χ0v) is 11.0. The molecule has 2 rings (SSSR count). The summed E-state index contributed by atoms with van der Waals surface area (Å²) in [6, 6.07) is 7.95. The first-order chi connectivity index (χ1) is 9.56. The fourth-order valence-corrected chi connectivity index (χ4v) is 2.16. The Labute approximate surface area is 116 Å². The smallest absolute Gasteiger partial charge is 0.243 e. The molecule has 20 heavy (non-hydrogen) atoms. The zero-order valence-electron chi connectivity index (χ0n) is 11.0. The molecule has 1 saturated heterocycles. The third-order valence-electron chi connectivity index (χ3n) is 3.25. The van der Waals surface area contributed by atoms with Gasteiger partial charge >= 0.3 is 0 Å². The molecule has 1 aliphatic rings. The molecule has 1 aromatic rings. The average Bonchev–Trinajstić information content (AvgIpc) is 2.86. The third-order valence-corrected chi connectivity index (χ3v) is 3.25. The largest absolute Gasteiger partial charge is 0.368 e. The summed E-state index contributed by atoms with van der Waals surface area (Å²) in [6.45, 7) is 0. The summed E-state index contributed by atoms with van der Waals surface area (Å²) in [5.41, 5.74) is 6.23. The quantitative estimate of drug-likeness (QED) is 0.673. The number of hydrogen-bond donors (Lipinski definition) is 3. The highest BCUT2D eigenvalue weighted by Crippen LogP contribution is 2.08. The zero-order chi connectivity index (χ0) is 14.5. The van der Waals surface area contributed by atoms with Crippen LogP contribution in [-0.4, -0.2) is 29.8 Å². The molecule has 0 bridgehead atoms. The van der Waals surface area contributed by atoms with Crippen molar-refractivity contribution in [1.82, 2.24) is 10.6 Å². The Hall–Kier alpha value is -2.37. The van der Waals surface area contributed by atoms with Crippen LogP contribution in [0.25, 0.3) is 0 Å². The molecule has 1 heterocycles. The van der Waals surface area contributed by atoms with Crippen LogP contribution in [0.2, 0.25) is 0 Å². The van der Waals surface area contributed by atoms with Crippen LogP contribution in [0, 0.1) is 0 Å². The molecule has 1 aromatic carbocycles. The maximum Gasteiger partial charge on any atom is 0.243 e. The normalized spacial score (nSPS) is 19.2. The lowest BCUT2D eigenvalue weighted by atomic mass is 10.0. The van der Waals surface area contributed by atoms with Gasteiger partial charge in [-0.15, -0.1) is 0 Å². The van der Waals surface area contributed by atoms with Crippen LogP contribution in [0.4, 0.5) is 0 Å². The van der Waals surface area contributed by atoms with Gasteiger partial charge in [0.05, 0.1) is 0 Å². The predicted octanol–water partition coefficient (Wildman–Crippen LogP) is -0.522. The fourth-order valence-electron chi connectivity index (χ4n) is 2.16. The van der Waals surface area contributed by atoms with E-state index < -0.39 is 18.0 Å². The van der Waals surface area contributed by atoms with Gasteiger partial charge in [-0.1, -0.05) is 30.3 Å². The van der Waals surface area contributed by atoms with E-state index in [0.717, 1.165) is 5.56 Å². The van der Waals surface area contributed by atoms with Gasteiger partial charge in [-0.3, -0.25) is 14.4 Å². The molecule has 1 aliphatic heterocycles. The van der Waals surface area contributed by atoms with Crippen LogP contribution in [0.1, 0.15) is 18.4 Å². The Morgan fingerprint density at radius 2 is 2.05 bits per heavy atom. The summed E-state index contributed by atoms with van der Waals surface area (Å²) in [7, 11) is 0. The second-order valence-electron chi connectivity index (χ2n) is 4.81. The minimum Gasteiger partial charge on any atom is -0.368 e. The van der Waals surface area contributed by atoms with Crippen molar-refractivity contribution in [3.8, 4) is 0 Å². The molecule has 0 aliphatic carbocycles. The first-order valence-corrected chi connectivity index (χ1v) is 6.49. The molecular weight excluding hydrogens is 258 g/mol. The van der Waals surface area contributed by atoms with E-state index in [0.29, 0.717) is 19.3 Å². The van der Waals surface area contributed by atoms with E-state index in [2.05, 4.69) is 10.6 Å². The van der Waals surface area contributed by atoms with Crippen LogP contribution in [0.5, 0.6) is 0 Å². The Kier molecular flexibility index (Phi) is 4.34. The van der Waals surface area contributed by atoms with Gasteiger partial charge in [0, 0.05) is 12.8 Å². The fraction of sp³-hybridized carbons (Fsp3) is 0.357. The van der Waals surface area contributed by atoms with Crippen molar-refractivity contribution in [2.45, 2.75) is 31.3 Å². The standard InChI is InChI=1S/C14H17N3O3/c15-13(19)11(8-9-4-2-1-3-5-9)17-14(20)10-6-7-12(18)16-10/h1-5,10-11H,6-8H2,(H2,15,19)(H,16,18)(H,17,20)/t10-,11-/m1/s1. The number of carbonyl (C=O) groups is 3. The lowest BCUT2D eigenvalue weighted by Crippen LogP contribution is -2.51. The van der Waals surface area contributed by atoms with Crippen LogP contribution >= 0.6 is 0 Å². The number of rotatable bonds is 5. The molecule has 6 heteroatoms. The van der Waals surface area contributed by atoms with E-state index in [-0.39, 0.29) is 11.8 Å². The van der Waals surface area contributed by atoms with Gasteiger partial charge in [0.15, 0.2) is 0 Å². The molecule has 0 radical (unpaired) electrons. The maximum atomic E-state index is 12.0. The highest BCUT2D eigenvalue weighted by Gasteiger charge is 2.29. The van der Waals surface area contributed by atoms with Crippen LogP contribution in [0.15, 0.2) is 30.3 Å². The monoisotopic (exact) mass is 275 g/mol. The highest BCUT2D eigenvalue weighted by atomic mass is 16.2. The third kappa shape index (κ3) is 3.57. The minimum atomic E-state index is -0.776. The predicted molar refractivity (Wildman–Crippen MR) is 72.4 cm³/mol. The molecule has 3 amide bonds. The van der Waals surface area contributed by atoms with E-state index in [1.54, 1.807) is 0 Å². The number of primary amides is 1. The van der Waals surface area contributed by atoms with Crippen LogP contribution in [0.3, 0.4) is 0 Å². The Bertz CT molecular complexity index is 516. The molecule has 4 N–H and O–H groups in total. The molecule has 1 fully saturated rings. The number of nitrogens with one attached hydrogen (secondary N) is 2. The van der Waals surface area contributed by atoms with Crippen molar-refractivity contribution in [3.63, 3.8) is 0 Å². The van der Waals surface area contributed by atoms with Crippen molar-refractivity contribution in [2.75, 3.05) is 0 Å². The van der Waals surface area contributed by atoms with E-state index in [4.69, 9.17) is 5.73 Å². The molecule has 0 saturated carbocycles. The van der Waals surface area contributed by atoms with Gasteiger partial charge < -0.3 is 16.4 Å². The summed E-state index contributed by atoms with van der Waals surface area (Å²) < 4.78 is 0. The summed E-state index contributed by atoms with van der Waals surface area (Å²) in [5, 5.41) is 5.16. The topological polar surface area (TPSA) is 101 Å². The summed E-state index contributed by atoms with van der Waals surface area (Å²) in [4.78, 5) is 34.5. The molecule has 6 nitrogen and oxygen atoms in total. The molecular formula is C14H17N3O3. The Balaban J connectivity index is 1.97. The number of carbonyl (C=O) groups excluding carboxylic acids is 3. The molecule has 0 spiro atoms. The van der Waals surface area contributed by atoms with Gasteiger partial charge in [-0.05, 0) is 12.0 Å². The summed E-state index contributed by atoms with van der Waals surface area (Å²) in [6.07, 6.45) is 1.11. The van der Waals surface area contributed by atoms with E-state index in [1.807, 2.05) is 30.3 Å². The van der Waals surface area contributed by atoms with Crippen LogP contribution in [-0.2, 0) is 20.8 Å². The SMILES string of the molecule is NC(=O)[C@@H](Cc1ccccc1)NC(=O)[C@H]1CCC(=O)N1. The minimum absolute atomic E-state index is 0.149. The maximum absolute atomic E-state index is 12.0. The van der Waals surface area contributed by atoms with E-state index in [1.165, 1.54) is 0 Å². The second-order valence-corrected chi connectivity index (χ2v) is 4.81. The number of benzene rings is 1. The number of amides is 3. The van der Waals surface area contributed by atoms with Crippen molar-refractivity contribution >= 4 is 17.7 Å². The van der Waals surface area contributed by atoms with Crippen molar-refractivity contribution in [3.05, 3.63) is 35.9 Å². The lowest BCUT2D eigenvalue weighted by Gasteiger charge is -2.18. The molecule has 0 unspecified atom stereocenters. The molecule has 0 aromatic heterocycles. The van der Waals surface area contributed by atoms with Gasteiger partial charge in [0.25, 0.3) is 0 Å². The van der Waals surface area contributed by atoms with Crippen molar-refractivity contribution in [1.29, 1.82) is 0 Å². The Morgan fingerprint density at radius 3 is 2.60 bits per heavy atom. The molecule has 106 valence electrons. The number of hydrogen-bond acceptors (Lipinski definition) is 3. The van der Waals surface area contributed by atoms with Gasteiger partial charge in [0.2, 0.25) is 17.7 Å². The second kappa shape index (κ2) is 6.18. The Morgan fingerprint density at radius 1 is 1.35 bits per heavy atom. The van der Waals surface area contributed by atoms with Crippen LogP contribution < -0.4 is 16.4 Å². The van der Waals surface area contributed by atoms with Crippen molar-refractivity contribution in [2.24, 2.45) is 5.73 Å². The average molecular weight is 275 g/mol. The van der Waals surface area contributed by atoms with Gasteiger partial charge in [-0.25, -0.2) is 0 Å². The van der Waals surface area contributed by atoms with Gasteiger partial charge in [0.1, 0.15) is 12.1 Å².